The zero-order chi connectivity index (χ0) is 10.4. The summed E-state index contributed by atoms with van der Waals surface area (Å²) in [6.45, 7) is 2.65. The summed E-state index contributed by atoms with van der Waals surface area (Å²) >= 11 is 0. The summed E-state index contributed by atoms with van der Waals surface area (Å²) in [7, 11) is 0. The van der Waals surface area contributed by atoms with Crippen molar-refractivity contribution in [2.45, 2.75) is 6.92 Å². The van der Waals surface area contributed by atoms with Crippen LogP contribution in [0.15, 0.2) is 24.3 Å². The highest BCUT2D eigenvalue weighted by molar-refractivity contribution is 5.78. The fourth-order valence-corrected chi connectivity index (χ4v) is 0.982. The number of ether oxygens (including phenoxy) is 2. The number of nitrogens with one attached hydrogen (secondary N) is 1. The monoisotopic (exact) mass is 194 g/mol. The lowest BCUT2D eigenvalue weighted by Gasteiger charge is -2.07. The van der Waals surface area contributed by atoms with Crippen LogP contribution in [0.3, 0.4) is 0 Å². The zero-order valence-electron chi connectivity index (χ0n) is 8.12. The van der Waals surface area contributed by atoms with Gasteiger partial charge < -0.3 is 15.2 Å². The first-order chi connectivity index (χ1) is 6.72. The Morgan fingerprint density at radius 1 is 1.36 bits per heavy atom. The van der Waals surface area contributed by atoms with E-state index in [1.54, 1.807) is 12.1 Å². The number of hydrogen-bond donors (Lipinski definition) is 2. The molecular formula is C10H14N2O2. The van der Waals surface area contributed by atoms with E-state index in [-0.39, 0.29) is 12.4 Å². The minimum absolute atomic E-state index is 0.00631. The molecule has 0 atom stereocenters. The van der Waals surface area contributed by atoms with E-state index in [1.807, 2.05) is 19.1 Å². The first kappa shape index (κ1) is 10.4. The molecule has 14 heavy (non-hydrogen) atoms. The molecule has 0 heterocycles. The average molecular weight is 194 g/mol. The molecule has 0 aliphatic carbocycles. The predicted molar refractivity (Wildman–Crippen MR) is 55.0 cm³/mol. The Morgan fingerprint density at radius 3 is 2.57 bits per heavy atom. The van der Waals surface area contributed by atoms with Gasteiger partial charge in [-0.2, -0.15) is 0 Å². The second-order valence-corrected chi connectivity index (χ2v) is 2.72. The van der Waals surface area contributed by atoms with Crippen LogP contribution in [0.25, 0.3) is 0 Å². The Morgan fingerprint density at radius 2 is 2.00 bits per heavy atom. The highest BCUT2D eigenvalue weighted by Gasteiger charge is 1.97. The van der Waals surface area contributed by atoms with Crippen LogP contribution in [-0.2, 0) is 0 Å². The summed E-state index contributed by atoms with van der Waals surface area (Å²) < 4.78 is 10.5. The maximum Gasteiger partial charge on any atom is 0.145 e. The van der Waals surface area contributed by atoms with Gasteiger partial charge in [-0.25, -0.2) is 0 Å². The van der Waals surface area contributed by atoms with E-state index < -0.39 is 0 Å². The van der Waals surface area contributed by atoms with Gasteiger partial charge in [0.25, 0.3) is 0 Å². The van der Waals surface area contributed by atoms with Crippen molar-refractivity contribution in [2.75, 3.05) is 13.2 Å². The van der Waals surface area contributed by atoms with Gasteiger partial charge in [0.1, 0.15) is 23.9 Å². The van der Waals surface area contributed by atoms with Crippen molar-refractivity contribution in [3.8, 4) is 11.5 Å². The molecule has 0 amide bonds. The fourth-order valence-electron chi connectivity index (χ4n) is 0.982. The molecule has 0 aromatic heterocycles. The molecule has 1 aromatic rings. The standard InChI is InChI=1S/C10H14N2O2/c1-2-13-8-4-3-5-9(6-8)14-7-10(11)12/h3-6H,2,7H2,1H3,(H3,11,12). The molecule has 1 rings (SSSR count). The van der Waals surface area contributed by atoms with Gasteiger partial charge in [-0.3, -0.25) is 5.41 Å². The molecule has 0 saturated carbocycles. The van der Waals surface area contributed by atoms with Gasteiger partial charge in [-0.1, -0.05) is 6.07 Å². The van der Waals surface area contributed by atoms with Crippen molar-refractivity contribution in [1.82, 2.24) is 0 Å². The molecule has 76 valence electrons. The number of amidine groups is 1. The largest absolute Gasteiger partial charge is 0.494 e. The zero-order valence-corrected chi connectivity index (χ0v) is 8.12. The quantitative estimate of drug-likeness (QED) is 0.550. The Hall–Kier alpha value is -1.71. The molecule has 0 fully saturated rings. The predicted octanol–water partition coefficient (Wildman–Crippen LogP) is 1.40. The number of rotatable bonds is 5. The summed E-state index contributed by atoms with van der Waals surface area (Å²) in [5.74, 6) is 1.42. The SMILES string of the molecule is CCOc1cccc(OCC(=N)N)c1. The van der Waals surface area contributed by atoms with Crippen molar-refractivity contribution in [3.05, 3.63) is 24.3 Å². The molecule has 3 N–H and O–H groups in total. The highest BCUT2D eigenvalue weighted by Crippen LogP contribution is 2.18. The maximum absolute atomic E-state index is 7.00. The first-order valence-electron chi connectivity index (χ1n) is 4.41. The molecule has 4 heteroatoms. The van der Waals surface area contributed by atoms with Crippen LogP contribution in [-0.4, -0.2) is 19.0 Å². The van der Waals surface area contributed by atoms with Crippen LogP contribution in [0.2, 0.25) is 0 Å². The van der Waals surface area contributed by atoms with E-state index in [2.05, 4.69) is 0 Å². The fraction of sp³-hybridized carbons (Fsp3) is 0.300. The molecule has 1 aromatic carbocycles. The van der Waals surface area contributed by atoms with E-state index in [4.69, 9.17) is 20.6 Å². The average Bonchev–Trinajstić information content (AvgIpc) is 2.16. The Balaban J connectivity index is 2.58. The van der Waals surface area contributed by atoms with Gasteiger partial charge in [-0.15, -0.1) is 0 Å². The minimum atomic E-state index is 0.00631. The molecular weight excluding hydrogens is 180 g/mol. The lowest BCUT2D eigenvalue weighted by Crippen LogP contribution is -2.19. The van der Waals surface area contributed by atoms with Crippen molar-refractivity contribution in [2.24, 2.45) is 5.73 Å². The van der Waals surface area contributed by atoms with Crippen molar-refractivity contribution >= 4 is 5.84 Å². The van der Waals surface area contributed by atoms with Gasteiger partial charge in [0, 0.05) is 6.07 Å². The lowest BCUT2D eigenvalue weighted by atomic mass is 10.3. The van der Waals surface area contributed by atoms with E-state index in [0.717, 1.165) is 5.75 Å². The second kappa shape index (κ2) is 5.11. The van der Waals surface area contributed by atoms with E-state index in [1.165, 1.54) is 0 Å². The number of benzene rings is 1. The van der Waals surface area contributed by atoms with Crippen LogP contribution in [0, 0.1) is 5.41 Å². The lowest BCUT2D eigenvalue weighted by molar-refractivity contribution is 0.333. The molecule has 0 aliphatic rings. The van der Waals surface area contributed by atoms with Crippen LogP contribution >= 0.6 is 0 Å². The van der Waals surface area contributed by atoms with Crippen molar-refractivity contribution < 1.29 is 9.47 Å². The minimum Gasteiger partial charge on any atom is -0.494 e. The van der Waals surface area contributed by atoms with Gasteiger partial charge >= 0.3 is 0 Å². The Kier molecular flexibility index (Phi) is 3.79. The van der Waals surface area contributed by atoms with Crippen LogP contribution < -0.4 is 15.2 Å². The molecule has 0 saturated heterocycles. The van der Waals surface area contributed by atoms with E-state index in [0.29, 0.717) is 12.4 Å². The molecule has 4 nitrogen and oxygen atoms in total. The third-order valence-electron chi connectivity index (χ3n) is 1.51. The molecule has 0 unspecified atom stereocenters. The summed E-state index contributed by atoms with van der Waals surface area (Å²) in [5, 5.41) is 7.00. The molecule has 0 spiro atoms. The summed E-state index contributed by atoms with van der Waals surface area (Å²) in [6.07, 6.45) is 0. The normalized spacial score (nSPS) is 9.50. The molecule has 0 aliphatic heterocycles. The number of nitrogens with two attached hydrogens (primary N) is 1. The third kappa shape index (κ3) is 3.35. The van der Waals surface area contributed by atoms with Crippen LogP contribution in [0.1, 0.15) is 6.92 Å². The van der Waals surface area contributed by atoms with Gasteiger partial charge in [0.2, 0.25) is 0 Å². The highest BCUT2D eigenvalue weighted by atomic mass is 16.5. The van der Waals surface area contributed by atoms with E-state index in [9.17, 15) is 0 Å². The maximum atomic E-state index is 7.00. The summed E-state index contributed by atoms with van der Waals surface area (Å²) in [6, 6.07) is 7.25. The summed E-state index contributed by atoms with van der Waals surface area (Å²) in [5.41, 5.74) is 5.16. The smallest absolute Gasteiger partial charge is 0.145 e. The number of hydrogen-bond acceptors (Lipinski definition) is 3. The van der Waals surface area contributed by atoms with Crippen molar-refractivity contribution in [3.63, 3.8) is 0 Å². The first-order valence-corrected chi connectivity index (χ1v) is 4.41. The second-order valence-electron chi connectivity index (χ2n) is 2.72. The third-order valence-corrected chi connectivity index (χ3v) is 1.51. The topological polar surface area (TPSA) is 68.3 Å². The molecule has 0 radical (unpaired) electrons. The van der Waals surface area contributed by atoms with Gasteiger partial charge in [0.15, 0.2) is 0 Å². The molecule has 0 bridgehead atoms. The van der Waals surface area contributed by atoms with Crippen LogP contribution in [0.5, 0.6) is 11.5 Å². The van der Waals surface area contributed by atoms with Gasteiger partial charge in [-0.05, 0) is 19.1 Å². The van der Waals surface area contributed by atoms with Gasteiger partial charge in [0.05, 0.1) is 6.61 Å². The van der Waals surface area contributed by atoms with Crippen molar-refractivity contribution in [1.29, 1.82) is 5.41 Å². The Labute approximate surface area is 83.1 Å². The summed E-state index contributed by atoms with van der Waals surface area (Å²) in [4.78, 5) is 0. The van der Waals surface area contributed by atoms with E-state index >= 15 is 0 Å². The Bertz CT molecular complexity index is 313. The van der Waals surface area contributed by atoms with Crippen LogP contribution in [0.4, 0.5) is 0 Å².